The van der Waals surface area contributed by atoms with Gasteiger partial charge in [-0.1, -0.05) is 18.2 Å². The lowest BCUT2D eigenvalue weighted by Crippen LogP contribution is -2.43. The first-order chi connectivity index (χ1) is 13.3. The number of rotatable bonds is 6. The average Bonchev–Trinajstić information content (AvgIpc) is 3.01. The van der Waals surface area contributed by atoms with Crippen molar-refractivity contribution in [1.29, 1.82) is 0 Å². The van der Waals surface area contributed by atoms with E-state index in [2.05, 4.69) is 15.3 Å². The van der Waals surface area contributed by atoms with E-state index in [0.717, 1.165) is 16.5 Å². The summed E-state index contributed by atoms with van der Waals surface area (Å²) < 4.78 is 11.1. The summed E-state index contributed by atoms with van der Waals surface area (Å²) in [7, 11) is 0. The molecule has 0 radical (unpaired) electrons. The van der Waals surface area contributed by atoms with Crippen molar-refractivity contribution in [3.05, 3.63) is 54.5 Å². The first kappa shape index (κ1) is 19.5. The third-order valence-corrected chi connectivity index (χ3v) is 4.01. The molecular formula is C21H25N3O4. The van der Waals surface area contributed by atoms with Gasteiger partial charge in [-0.05, 0) is 38.8 Å². The summed E-state index contributed by atoms with van der Waals surface area (Å²) >= 11 is 0. The minimum atomic E-state index is -0.592. The molecule has 2 heterocycles. The van der Waals surface area contributed by atoms with Gasteiger partial charge in [-0.3, -0.25) is 4.98 Å². The van der Waals surface area contributed by atoms with E-state index in [4.69, 9.17) is 9.47 Å². The van der Waals surface area contributed by atoms with Gasteiger partial charge in [-0.2, -0.15) is 0 Å². The van der Waals surface area contributed by atoms with Crippen molar-refractivity contribution in [2.45, 2.75) is 38.8 Å². The molecule has 0 unspecified atom stereocenters. The molecule has 1 amide bonds. The molecule has 0 saturated heterocycles. The van der Waals surface area contributed by atoms with Crippen molar-refractivity contribution in [2.75, 3.05) is 6.61 Å². The number of hydrogen-bond donors (Lipinski definition) is 3. The van der Waals surface area contributed by atoms with Crippen LogP contribution in [-0.2, 0) is 11.2 Å². The number of alkyl carbamates (subject to hydrolysis) is 1. The monoisotopic (exact) mass is 383 g/mol. The average molecular weight is 383 g/mol. The molecule has 28 heavy (non-hydrogen) atoms. The lowest BCUT2D eigenvalue weighted by atomic mass is 10.1. The molecule has 3 N–H and O–H groups in total. The molecule has 0 fully saturated rings. The molecule has 3 rings (SSSR count). The van der Waals surface area contributed by atoms with Crippen LogP contribution in [0.4, 0.5) is 4.79 Å². The first-order valence-corrected chi connectivity index (χ1v) is 9.11. The Morgan fingerprint density at radius 3 is 2.82 bits per heavy atom. The molecule has 0 aliphatic rings. The van der Waals surface area contributed by atoms with Crippen LogP contribution >= 0.6 is 0 Å². The number of ether oxygens (including phenoxy) is 2. The van der Waals surface area contributed by atoms with Crippen LogP contribution in [0.2, 0.25) is 0 Å². The van der Waals surface area contributed by atoms with Crippen LogP contribution < -0.4 is 10.1 Å². The van der Waals surface area contributed by atoms with Crippen LogP contribution in [-0.4, -0.2) is 39.4 Å². The van der Waals surface area contributed by atoms with Crippen LogP contribution in [0.1, 0.15) is 26.3 Å². The standard InChI is InChI=1S/C21H25N3O4/c1-21(2,3)28-20(26)24-15(13-27-17-9-16(25)11-22-12-17)8-14-10-23-19-7-5-4-6-18(14)19/h4-7,9-12,15,23,25H,8,13H2,1-3H3,(H,24,26)/t15-/m0/s1. The zero-order valence-corrected chi connectivity index (χ0v) is 16.2. The predicted molar refractivity (Wildman–Crippen MR) is 107 cm³/mol. The second-order valence-electron chi connectivity index (χ2n) is 7.60. The maximum absolute atomic E-state index is 12.3. The maximum Gasteiger partial charge on any atom is 0.408 e. The Labute approximate surface area is 163 Å². The molecule has 0 aliphatic heterocycles. The minimum absolute atomic E-state index is 0.0192. The van der Waals surface area contributed by atoms with E-state index in [1.807, 2.05) is 51.2 Å². The van der Waals surface area contributed by atoms with Gasteiger partial charge in [-0.25, -0.2) is 4.79 Å². The van der Waals surface area contributed by atoms with Crippen molar-refractivity contribution in [3.63, 3.8) is 0 Å². The summed E-state index contributed by atoms with van der Waals surface area (Å²) in [4.78, 5) is 19.4. The molecule has 0 aliphatic carbocycles. The van der Waals surface area contributed by atoms with Gasteiger partial charge < -0.3 is 24.9 Å². The number of nitrogens with zero attached hydrogens (tertiary/aromatic N) is 1. The lowest BCUT2D eigenvalue weighted by Gasteiger charge is -2.24. The molecule has 3 aromatic rings. The van der Waals surface area contributed by atoms with Crippen molar-refractivity contribution in [1.82, 2.24) is 15.3 Å². The van der Waals surface area contributed by atoms with Crippen molar-refractivity contribution >= 4 is 17.0 Å². The predicted octanol–water partition coefficient (Wildman–Crippen LogP) is 3.78. The highest BCUT2D eigenvalue weighted by molar-refractivity contribution is 5.83. The Kier molecular flexibility index (Phi) is 5.73. The largest absolute Gasteiger partial charge is 0.506 e. The van der Waals surface area contributed by atoms with Gasteiger partial charge in [0.05, 0.1) is 18.4 Å². The number of hydrogen-bond acceptors (Lipinski definition) is 5. The summed E-state index contributed by atoms with van der Waals surface area (Å²) in [6, 6.07) is 9.12. The van der Waals surface area contributed by atoms with E-state index in [0.29, 0.717) is 12.2 Å². The summed E-state index contributed by atoms with van der Waals surface area (Å²) in [6.07, 6.45) is 4.82. The molecule has 7 heteroatoms. The van der Waals surface area contributed by atoms with E-state index in [9.17, 15) is 9.90 Å². The fourth-order valence-electron chi connectivity index (χ4n) is 2.87. The number of amides is 1. The topological polar surface area (TPSA) is 96.5 Å². The van der Waals surface area contributed by atoms with Crippen LogP contribution in [0.3, 0.4) is 0 Å². The van der Waals surface area contributed by atoms with Crippen molar-refractivity contribution < 1.29 is 19.4 Å². The van der Waals surface area contributed by atoms with Crippen molar-refractivity contribution in [3.8, 4) is 11.5 Å². The Morgan fingerprint density at radius 1 is 1.29 bits per heavy atom. The Bertz CT molecular complexity index is 946. The van der Waals surface area contributed by atoms with Gasteiger partial charge in [0.15, 0.2) is 0 Å². The van der Waals surface area contributed by atoms with E-state index in [1.165, 1.54) is 18.5 Å². The highest BCUT2D eigenvalue weighted by atomic mass is 16.6. The number of carbonyl (C=O) groups excluding carboxylic acids is 1. The van der Waals surface area contributed by atoms with Crippen LogP contribution in [0.15, 0.2) is 48.9 Å². The second kappa shape index (κ2) is 8.21. The highest BCUT2D eigenvalue weighted by Gasteiger charge is 2.21. The Morgan fingerprint density at radius 2 is 2.07 bits per heavy atom. The second-order valence-corrected chi connectivity index (χ2v) is 7.60. The van der Waals surface area contributed by atoms with E-state index in [-0.39, 0.29) is 18.4 Å². The number of carbonyl (C=O) groups is 1. The molecule has 0 saturated carbocycles. The Balaban J connectivity index is 1.74. The van der Waals surface area contributed by atoms with Gasteiger partial charge in [0.25, 0.3) is 0 Å². The fourth-order valence-corrected chi connectivity index (χ4v) is 2.87. The summed E-state index contributed by atoms with van der Waals surface area (Å²) in [5.74, 6) is 0.445. The summed E-state index contributed by atoms with van der Waals surface area (Å²) in [6.45, 7) is 5.65. The zero-order valence-electron chi connectivity index (χ0n) is 16.2. The highest BCUT2D eigenvalue weighted by Crippen LogP contribution is 2.20. The smallest absolute Gasteiger partial charge is 0.408 e. The molecule has 1 aromatic carbocycles. The number of aromatic nitrogens is 2. The number of H-pyrrole nitrogens is 1. The number of aromatic amines is 1. The summed E-state index contributed by atoms with van der Waals surface area (Å²) in [5, 5.41) is 13.5. The lowest BCUT2D eigenvalue weighted by molar-refractivity contribution is 0.0487. The first-order valence-electron chi connectivity index (χ1n) is 9.11. The van der Waals surface area contributed by atoms with E-state index < -0.39 is 11.7 Å². The van der Waals surface area contributed by atoms with Gasteiger partial charge in [0.1, 0.15) is 23.7 Å². The fraction of sp³-hybridized carbons (Fsp3) is 0.333. The molecule has 0 bridgehead atoms. The van der Waals surface area contributed by atoms with Crippen LogP contribution in [0, 0.1) is 0 Å². The number of para-hydroxylation sites is 1. The Hall–Kier alpha value is -3.22. The molecule has 7 nitrogen and oxygen atoms in total. The number of benzene rings is 1. The summed E-state index contributed by atoms with van der Waals surface area (Å²) in [5.41, 5.74) is 1.51. The number of aromatic hydroxyl groups is 1. The van der Waals surface area contributed by atoms with Gasteiger partial charge in [0.2, 0.25) is 0 Å². The molecule has 1 atom stereocenters. The van der Waals surface area contributed by atoms with Crippen molar-refractivity contribution in [2.24, 2.45) is 0 Å². The molecule has 0 spiro atoms. The maximum atomic E-state index is 12.3. The van der Waals surface area contributed by atoms with Gasteiger partial charge in [-0.15, -0.1) is 0 Å². The normalized spacial score (nSPS) is 12.5. The third-order valence-electron chi connectivity index (χ3n) is 4.01. The third kappa shape index (κ3) is 5.39. The van der Waals surface area contributed by atoms with Gasteiger partial charge >= 0.3 is 6.09 Å². The minimum Gasteiger partial charge on any atom is -0.506 e. The van der Waals surface area contributed by atoms with E-state index >= 15 is 0 Å². The number of fused-ring (bicyclic) bond motifs is 1. The quantitative estimate of drug-likeness (QED) is 0.602. The van der Waals surface area contributed by atoms with E-state index in [1.54, 1.807) is 0 Å². The van der Waals surface area contributed by atoms with Crippen LogP contribution in [0.5, 0.6) is 11.5 Å². The molecule has 2 aromatic heterocycles. The van der Waals surface area contributed by atoms with Crippen LogP contribution in [0.25, 0.3) is 10.9 Å². The number of pyridine rings is 1. The van der Waals surface area contributed by atoms with Gasteiger partial charge in [0, 0.05) is 23.2 Å². The SMILES string of the molecule is CC(C)(C)OC(=O)N[C@H](COc1cncc(O)c1)Cc1c[nH]c2ccccc12. The molecular weight excluding hydrogens is 358 g/mol. The number of nitrogens with one attached hydrogen (secondary N) is 2. The zero-order chi connectivity index (χ0) is 20.1. The molecule has 148 valence electrons.